The highest BCUT2D eigenvalue weighted by Gasteiger charge is 2.42. The predicted octanol–water partition coefficient (Wildman–Crippen LogP) is 4.31. The van der Waals surface area contributed by atoms with Gasteiger partial charge in [-0.15, -0.1) is 5.10 Å². The second kappa shape index (κ2) is 15.8. The number of rotatable bonds is 11. The molecule has 1 unspecified atom stereocenters. The molecular weight excluding hydrogens is 612 g/mol. The summed E-state index contributed by atoms with van der Waals surface area (Å²) in [6.45, 7) is 13.2. The summed E-state index contributed by atoms with van der Waals surface area (Å²) in [5.74, 6) is -0.593. The molecule has 2 aromatic rings. The molecule has 0 saturated carbocycles. The standard InChI is InChI=1S/C36H54N6O6/c1-25(2)22-41(30-21-28(33(43)39-15-18-47-19-16-39)23-40(24-30)35(45)48-36(3,4)5)34(44)32-31(12-7-8-17-46-6)42(38-37-32)29-14-13-26-10-9-11-27(26)20-29/h13-14,20,25,28,30H,7-12,15-19,21-24H2,1-6H3/t28?,30-/m0/s1. The van der Waals surface area contributed by atoms with E-state index in [2.05, 4.69) is 42.4 Å². The van der Waals surface area contributed by atoms with E-state index in [-0.39, 0.29) is 30.8 Å². The largest absolute Gasteiger partial charge is 0.444 e. The number of ether oxygens (including phenoxy) is 3. The van der Waals surface area contributed by atoms with Gasteiger partial charge in [-0.25, -0.2) is 9.48 Å². The first kappa shape index (κ1) is 35.8. The van der Waals surface area contributed by atoms with Crippen LogP contribution in [-0.2, 0) is 38.3 Å². The van der Waals surface area contributed by atoms with E-state index in [1.807, 2.05) is 35.3 Å². The molecule has 0 bridgehead atoms. The molecule has 2 saturated heterocycles. The van der Waals surface area contributed by atoms with Gasteiger partial charge in [-0.2, -0.15) is 0 Å². The third kappa shape index (κ3) is 8.74. The van der Waals surface area contributed by atoms with Crippen molar-refractivity contribution >= 4 is 17.9 Å². The summed E-state index contributed by atoms with van der Waals surface area (Å²) in [4.78, 5) is 47.3. The van der Waals surface area contributed by atoms with Crippen LogP contribution in [0.4, 0.5) is 4.79 Å². The number of hydrogen-bond acceptors (Lipinski definition) is 8. The quantitative estimate of drug-likeness (QED) is 0.326. The van der Waals surface area contributed by atoms with E-state index < -0.39 is 23.7 Å². The van der Waals surface area contributed by atoms with Gasteiger partial charge in [0.15, 0.2) is 5.69 Å². The molecule has 1 aliphatic carbocycles. The van der Waals surface area contributed by atoms with Crippen LogP contribution in [0.5, 0.6) is 0 Å². The van der Waals surface area contributed by atoms with Crippen LogP contribution in [0.1, 0.15) is 87.6 Å². The van der Waals surface area contributed by atoms with Crippen molar-refractivity contribution in [1.82, 2.24) is 29.7 Å². The van der Waals surface area contributed by atoms with Crippen molar-refractivity contribution in [2.75, 3.05) is 59.7 Å². The van der Waals surface area contributed by atoms with E-state index in [0.717, 1.165) is 43.5 Å². The molecule has 0 radical (unpaired) electrons. The van der Waals surface area contributed by atoms with Gasteiger partial charge >= 0.3 is 6.09 Å². The Morgan fingerprint density at radius 3 is 2.50 bits per heavy atom. The molecule has 0 spiro atoms. The minimum atomic E-state index is -0.699. The van der Waals surface area contributed by atoms with Gasteiger partial charge in [-0.3, -0.25) is 9.59 Å². The van der Waals surface area contributed by atoms with Crippen molar-refractivity contribution < 1.29 is 28.6 Å². The number of carbonyl (C=O) groups is 3. The Labute approximate surface area is 285 Å². The maximum Gasteiger partial charge on any atom is 0.410 e. The molecule has 3 aliphatic rings. The van der Waals surface area contributed by atoms with Crippen LogP contribution < -0.4 is 0 Å². The lowest BCUT2D eigenvalue weighted by atomic mass is 9.91. The van der Waals surface area contributed by atoms with Gasteiger partial charge in [0, 0.05) is 46.4 Å². The number of methoxy groups -OCH3 is 1. The lowest BCUT2D eigenvalue weighted by Crippen LogP contribution is -2.58. The van der Waals surface area contributed by atoms with Crippen molar-refractivity contribution in [2.45, 2.75) is 91.2 Å². The number of amides is 3. The SMILES string of the molecule is COCCCCc1c(C(=O)N(CC(C)C)[C@H]2CC(C(=O)N3CCOCC3)CN(C(=O)OC(C)(C)C)C2)nnn1-c1ccc2c(c1)CCC2. The summed E-state index contributed by atoms with van der Waals surface area (Å²) >= 11 is 0. The fourth-order valence-corrected chi connectivity index (χ4v) is 7.05. The van der Waals surface area contributed by atoms with Crippen LogP contribution in [0.3, 0.4) is 0 Å². The van der Waals surface area contributed by atoms with Gasteiger partial charge in [0.25, 0.3) is 5.91 Å². The van der Waals surface area contributed by atoms with E-state index in [1.54, 1.807) is 12.0 Å². The zero-order valence-electron chi connectivity index (χ0n) is 29.7. The van der Waals surface area contributed by atoms with Gasteiger partial charge < -0.3 is 28.9 Å². The molecule has 3 heterocycles. The van der Waals surface area contributed by atoms with Gasteiger partial charge in [-0.1, -0.05) is 25.1 Å². The summed E-state index contributed by atoms with van der Waals surface area (Å²) < 4.78 is 18.4. The van der Waals surface area contributed by atoms with Gasteiger partial charge in [0.05, 0.1) is 36.6 Å². The Bertz CT molecular complexity index is 1430. The third-order valence-electron chi connectivity index (χ3n) is 9.32. The molecule has 2 fully saturated rings. The number of fused-ring (bicyclic) bond motifs is 1. The molecule has 48 heavy (non-hydrogen) atoms. The van der Waals surface area contributed by atoms with Gasteiger partial charge in [0.2, 0.25) is 5.91 Å². The Kier molecular flexibility index (Phi) is 11.8. The summed E-state index contributed by atoms with van der Waals surface area (Å²) in [7, 11) is 1.69. The highest BCUT2D eigenvalue weighted by molar-refractivity contribution is 5.94. The number of carbonyl (C=O) groups excluding carboxylic acids is 3. The molecule has 1 aromatic heterocycles. The second-order valence-electron chi connectivity index (χ2n) is 14.8. The van der Waals surface area contributed by atoms with Crippen molar-refractivity contribution in [2.24, 2.45) is 11.8 Å². The third-order valence-corrected chi connectivity index (χ3v) is 9.32. The average Bonchev–Trinajstić information content (AvgIpc) is 3.71. The highest BCUT2D eigenvalue weighted by atomic mass is 16.6. The Balaban J connectivity index is 1.48. The zero-order chi connectivity index (χ0) is 34.4. The number of likely N-dealkylation sites (tertiary alicyclic amines) is 1. The van der Waals surface area contributed by atoms with Crippen molar-refractivity contribution in [3.63, 3.8) is 0 Å². The van der Waals surface area contributed by atoms with Crippen LogP contribution in [0.25, 0.3) is 5.69 Å². The maximum absolute atomic E-state index is 14.7. The molecule has 1 aromatic carbocycles. The molecule has 2 atom stereocenters. The Morgan fingerprint density at radius 1 is 1.04 bits per heavy atom. The van der Waals surface area contributed by atoms with Crippen molar-refractivity contribution in [1.29, 1.82) is 0 Å². The fourth-order valence-electron chi connectivity index (χ4n) is 7.05. The lowest BCUT2D eigenvalue weighted by Gasteiger charge is -2.44. The lowest BCUT2D eigenvalue weighted by molar-refractivity contribution is -0.142. The smallest absolute Gasteiger partial charge is 0.410 e. The molecule has 264 valence electrons. The number of hydrogen-bond donors (Lipinski definition) is 0. The maximum atomic E-state index is 14.7. The molecule has 12 nitrogen and oxygen atoms in total. The Morgan fingerprint density at radius 2 is 1.79 bits per heavy atom. The van der Waals surface area contributed by atoms with Crippen LogP contribution in [0.2, 0.25) is 0 Å². The predicted molar refractivity (Wildman–Crippen MR) is 181 cm³/mol. The van der Waals surface area contributed by atoms with Crippen LogP contribution >= 0.6 is 0 Å². The van der Waals surface area contributed by atoms with Gasteiger partial charge in [-0.05, 0) is 94.9 Å². The molecular formula is C36H54N6O6. The molecule has 2 aliphatic heterocycles. The van der Waals surface area contributed by atoms with E-state index >= 15 is 0 Å². The number of benzene rings is 1. The van der Waals surface area contributed by atoms with E-state index in [9.17, 15) is 14.4 Å². The normalized spacial score (nSPS) is 19.8. The van der Waals surface area contributed by atoms with E-state index in [1.165, 1.54) is 11.1 Å². The number of aromatic nitrogens is 3. The zero-order valence-corrected chi connectivity index (χ0v) is 29.7. The summed E-state index contributed by atoms with van der Waals surface area (Å²) in [5.41, 5.74) is 3.98. The van der Waals surface area contributed by atoms with Crippen LogP contribution in [0, 0.1) is 11.8 Å². The first-order chi connectivity index (χ1) is 22.9. The molecule has 5 rings (SSSR count). The molecule has 3 amide bonds. The summed E-state index contributed by atoms with van der Waals surface area (Å²) in [5, 5.41) is 9.09. The fraction of sp³-hybridized carbons (Fsp3) is 0.694. The number of nitrogens with zero attached hydrogens (tertiary/aromatic N) is 6. The highest BCUT2D eigenvalue weighted by Crippen LogP contribution is 2.29. The number of morpholine rings is 1. The minimum absolute atomic E-state index is 0.0186. The average molecular weight is 667 g/mol. The molecule has 0 N–H and O–H groups in total. The topological polar surface area (TPSA) is 119 Å². The van der Waals surface area contributed by atoms with Crippen molar-refractivity contribution in [3.8, 4) is 5.69 Å². The summed E-state index contributed by atoms with van der Waals surface area (Å²) in [6.07, 6.45) is 5.48. The first-order valence-electron chi connectivity index (χ1n) is 17.7. The van der Waals surface area contributed by atoms with Crippen LogP contribution in [-0.4, -0.2) is 119 Å². The minimum Gasteiger partial charge on any atom is -0.444 e. The van der Waals surface area contributed by atoms with E-state index in [4.69, 9.17) is 14.2 Å². The van der Waals surface area contributed by atoms with Crippen LogP contribution in [0.15, 0.2) is 18.2 Å². The number of aryl methyl sites for hydroxylation is 2. The van der Waals surface area contributed by atoms with Gasteiger partial charge in [0.1, 0.15) is 5.60 Å². The summed E-state index contributed by atoms with van der Waals surface area (Å²) in [6, 6.07) is 6.00. The first-order valence-corrected chi connectivity index (χ1v) is 17.7. The Hall–Kier alpha value is -3.51. The molecule has 12 heteroatoms. The monoisotopic (exact) mass is 666 g/mol. The number of piperidine rings is 1. The second-order valence-corrected chi connectivity index (χ2v) is 14.8. The van der Waals surface area contributed by atoms with Crippen molar-refractivity contribution in [3.05, 3.63) is 40.7 Å². The van der Waals surface area contributed by atoms with E-state index in [0.29, 0.717) is 58.0 Å². The number of unbranched alkanes of at least 4 members (excludes halogenated alkanes) is 1.